The molecule has 0 aromatic carbocycles. The lowest BCUT2D eigenvalue weighted by Gasteiger charge is -1.95. The third-order valence-corrected chi connectivity index (χ3v) is 1.17. The molecule has 1 heterocycles. The first-order valence-electron chi connectivity index (χ1n) is 2.85. The maximum atomic E-state index is 10.6. The molecule has 1 aromatic rings. The summed E-state index contributed by atoms with van der Waals surface area (Å²) >= 11 is 0. The average molecular weight is 135 g/mol. The number of carbonyl (C=O) groups is 1. The van der Waals surface area contributed by atoms with Crippen molar-refractivity contribution in [2.45, 2.75) is 6.92 Å². The molecular formula is C7H7N2O. The second kappa shape index (κ2) is 2.47. The molecule has 0 aliphatic heterocycles. The van der Waals surface area contributed by atoms with Gasteiger partial charge in [-0.05, 0) is 24.6 Å². The first-order valence-corrected chi connectivity index (χ1v) is 2.85. The summed E-state index contributed by atoms with van der Waals surface area (Å²) in [5, 5.41) is 0. The zero-order valence-electron chi connectivity index (χ0n) is 5.59. The summed E-state index contributed by atoms with van der Waals surface area (Å²) in [7, 11) is 0. The molecule has 0 bridgehead atoms. The smallest absolute Gasteiger partial charge is 0.267 e. The number of hydrogen-bond acceptors (Lipinski definition) is 2. The van der Waals surface area contributed by atoms with E-state index in [4.69, 9.17) is 5.73 Å². The van der Waals surface area contributed by atoms with Gasteiger partial charge in [-0.25, -0.2) is 0 Å². The van der Waals surface area contributed by atoms with E-state index >= 15 is 0 Å². The Hall–Kier alpha value is -1.38. The molecule has 3 nitrogen and oxygen atoms in total. The van der Waals surface area contributed by atoms with Crippen LogP contribution in [0.5, 0.6) is 0 Å². The topological polar surface area (TPSA) is 56.0 Å². The Morgan fingerprint density at radius 1 is 1.80 bits per heavy atom. The van der Waals surface area contributed by atoms with Crippen LogP contribution in [0.1, 0.15) is 16.1 Å². The van der Waals surface area contributed by atoms with Crippen LogP contribution in [0.2, 0.25) is 0 Å². The van der Waals surface area contributed by atoms with Gasteiger partial charge in [-0.15, -0.1) is 0 Å². The Balaban J connectivity index is 3.15. The maximum Gasteiger partial charge on any atom is 0.267 e. The van der Waals surface area contributed by atoms with Crippen LogP contribution in [-0.2, 0) is 0 Å². The molecule has 0 saturated carbocycles. The molecule has 0 fully saturated rings. The van der Waals surface area contributed by atoms with E-state index in [0.717, 1.165) is 0 Å². The first-order chi connectivity index (χ1) is 4.72. The van der Waals surface area contributed by atoms with Gasteiger partial charge in [0.1, 0.15) is 5.69 Å². The lowest BCUT2D eigenvalue weighted by Crippen LogP contribution is -2.14. The summed E-state index contributed by atoms with van der Waals surface area (Å²) < 4.78 is 0. The van der Waals surface area contributed by atoms with Crippen molar-refractivity contribution in [1.29, 1.82) is 0 Å². The number of rotatable bonds is 1. The van der Waals surface area contributed by atoms with Gasteiger partial charge >= 0.3 is 0 Å². The predicted molar refractivity (Wildman–Crippen MR) is 36.3 cm³/mol. The monoisotopic (exact) mass is 135 g/mol. The highest BCUT2D eigenvalue weighted by molar-refractivity contribution is 5.91. The normalized spacial score (nSPS) is 9.30. The van der Waals surface area contributed by atoms with Crippen LogP contribution in [0.3, 0.4) is 0 Å². The first kappa shape index (κ1) is 6.74. The molecule has 0 atom stereocenters. The zero-order chi connectivity index (χ0) is 7.56. The molecule has 0 saturated heterocycles. The number of carbonyl (C=O) groups excluding carboxylic acids is 1. The van der Waals surface area contributed by atoms with E-state index in [2.05, 4.69) is 11.1 Å². The molecular weight excluding hydrogens is 128 g/mol. The largest absolute Gasteiger partial charge is 0.364 e. The minimum Gasteiger partial charge on any atom is -0.364 e. The summed E-state index contributed by atoms with van der Waals surface area (Å²) in [6.07, 6.45) is 1.49. The quantitative estimate of drug-likeness (QED) is 0.601. The van der Waals surface area contributed by atoms with Crippen LogP contribution in [0.25, 0.3) is 0 Å². The molecule has 1 radical (unpaired) electrons. The molecule has 3 heteroatoms. The van der Waals surface area contributed by atoms with Crippen LogP contribution in [-0.4, -0.2) is 10.9 Å². The van der Waals surface area contributed by atoms with Gasteiger partial charge in [0.25, 0.3) is 5.91 Å². The summed E-state index contributed by atoms with van der Waals surface area (Å²) in [4.78, 5) is 14.3. The molecule has 0 unspecified atom stereocenters. The van der Waals surface area contributed by atoms with E-state index in [1.54, 1.807) is 13.0 Å². The molecule has 0 aliphatic rings. The Bertz CT molecular complexity index is 258. The second-order valence-electron chi connectivity index (χ2n) is 1.93. The molecule has 10 heavy (non-hydrogen) atoms. The van der Waals surface area contributed by atoms with Gasteiger partial charge in [0.2, 0.25) is 0 Å². The van der Waals surface area contributed by atoms with Crippen LogP contribution >= 0.6 is 0 Å². The SMILES string of the molecule is Cc1[c]ccnc1C(N)=O. The molecule has 1 rings (SSSR count). The fraction of sp³-hybridized carbons (Fsp3) is 0.143. The summed E-state index contributed by atoms with van der Waals surface area (Å²) in [5.41, 5.74) is 5.98. The minimum atomic E-state index is -0.505. The predicted octanol–water partition coefficient (Wildman–Crippen LogP) is 0.289. The standard InChI is InChI=1S/C7H7N2O/c1-5-3-2-4-9-6(5)7(8)10/h2,4H,1H3,(H2,8,10). The molecule has 1 aromatic heterocycles. The zero-order valence-corrected chi connectivity index (χ0v) is 5.59. The highest BCUT2D eigenvalue weighted by atomic mass is 16.1. The fourth-order valence-electron chi connectivity index (χ4n) is 0.688. The summed E-state index contributed by atoms with van der Waals surface area (Å²) in [6.45, 7) is 1.74. The van der Waals surface area contributed by atoms with Gasteiger partial charge in [-0.3, -0.25) is 9.78 Å². The van der Waals surface area contributed by atoms with Crippen LogP contribution in [0, 0.1) is 13.0 Å². The van der Waals surface area contributed by atoms with E-state index < -0.39 is 5.91 Å². The van der Waals surface area contributed by atoms with E-state index in [-0.39, 0.29) is 0 Å². The van der Waals surface area contributed by atoms with E-state index in [1.165, 1.54) is 6.20 Å². The average Bonchev–Trinajstić information content (AvgIpc) is 1.88. The number of aromatic nitrogens is 1. The Morgan fingerprint density at radius 3 is 2.90 bits per heavy atom. The Morgan fingerprint density at radius 2 is 2.50 bits per heavy atom. The van der Waals surface area contributed by atoms with Gasteiger partial charge in [0, 0.05) is 6.20 Å². The van der Waals surface area contributed by atoms with Crippen molar-refractivity contribution in [3.63, 3.8) is 0 Å². The number of pyridine rings is 1. The lowest BCUT2D eigenvalue weighted by atomic mass is 10.2. The van der Waals surface area contributed by atoms with Crippen molar-refractivity contribution < 1.29 is 4.79 Å². The highest BCUT2D eigenvalue weighted by Gasteiger charge is 2.03. The van der Waals surface area contributed by atoms with Crippen LogP contribution in [0.4, 0.5) is 0 Å². The van der Waals surface area contributed by atoms with Crippen molar-refractivity contribution >= 4 is 5.91 Å². The van der Waals surface area contributed by atoms with Gasteiger partial charge in [0.05, 0.1) is 0 Å². The van der Waals surface area contributed by atoms with E-state index in [0.29, 0.717) is 11.3 Å². The molecule has 1 amide bonds. The lowest BCUT2D eigenvalue weighted by molar-refractivity contribution is 0.0995. The Labute approximate surface area is 58.9 Å². The summed E-state index contributed by atoms with van der Waals surface area (Å²) in [5.74, 6) is -0.505. The van der Waals surface area contributed by atoms with Crippen molar-refractivity contribution in [3.8, 4) is 0 Å². The molecule has 0 spiro atoms. The van der Waals surface area contributed by atoms with Crippen molar-refractivity contribution in [2.24, 2.45) is 5.73 Å². The molecule has 51 valence electrons. The van der Waals surface area contributed by atoms with Gasteiger partial charge in [-0.1, -0.05) is 0 Å². The van der Waals surface area contributed by atoms with E-state index in [9.17, 15) is 4.79 Å². The fourth-order valence-corrected chi connectivity index (χ4v) is 0.688. The number of hydrogen-bond donors (Lipinski definition) is 1. The number of amides is 1. The second-order valence-corrected chi connectivity index (χ2v) is 1.93. The van der Waals surface area contributed by atoms with Crippen molar-refractivity contribution in [2.75, 3.05) is 0 Å². The summed E-state index contributed by atoms with van der Waals surface area (Å²) in [6, 6.07) is 4.46. The Kier molecular flexibility index (Phi) is 1.67. The molecule has 0 aliphatic carbocycles. The van der Waals surface area contributed by atoms with Crippen molar-refractivity contribution in [1.82, 2.24) is 4.98 Å². The minimum absolute atomic E-state index is 0.294. The number of nitrogens with zero attached hydrogens (tertiary/aromatic N) is 1. The van der Waals surface area contributed by atoms with Crippen LogP contribution < -0.4 is 5.73 Å². The third kappa shape index (κ3) is 1.13. The van der Waals surface area contributed by atoms with Crippen molar-refractivity contribution in [3.05, 3.63) is 29.6 Å². The van der Waals surface area contributed by atoms with Crippen LogP contribution in [0.15, 0.2) is 12.3 Å². The third-order valence-electron chi connectivity index (χ3n) is 1.17. The van der Waals surface area contributed by atoms with Gasteiger partial charge in [0.15, 0.2) is 0 Å². The highest BCUT2D eigenvalue weighted by Crippen LogP contribution is 1.99. The van der Waals surface area contributed by atoms with Gasteiger partial charge in [-0.2, -0.15) is 0 Å². The maximum absolute atomic E-state index is 10.6. The number of primary amides is 1. The number of nitrogens with two attached hydrogens (primary N) is 1. The molecule has 2 N–H and O–H groups in total. The number of aryl methyl sites for hydroxylation is 1. The van der Waals surface area contributed by atoms with E-state index in [1.807, 2.05) is 0 Å². The van der Waals surface area contributed by atoms with Gasteiger partial charge < -0.3 is 5.73 Å².